The quantitative estimate of drug-likeness (QED) is 0.315. The van der Waals surface area contributed by atoms with Gasteiger partial charge in [-0.25, -0.2) is 4.98 Å². The second kappa shape index (κ2) is 7.74. The summed E-state index contributed by atoms with van der Waals surface area (Å²) in [6.07, 6.45) is 0. The summed E-state index contributed by atoms with van der Waals surface area (Å²) < 4.78 is 13.3. The molecule has 1 aliphatic heterocycles. The molecule has 2 aromatic carbocycles. The van der Waals surface area contributed by atoms with Gasteiger partial charge in [0.25, 0.3) is 5.56 Å². The molecule has 0 saturated heterocycles. The second-order valence-corrected chi connectivity index (χ2v) is 8.82. The Morgan fingerprint density at radius 3 is 2.72 bits per heavy atom. The number of rotatable bonds is 5. The third-order valence-electron chi connectivity index (χ3n) is 4.59. The third kappa shape index (κ3) is 3.73. The van der Waals surface area contributed by atoms with Crippen LogP contribution in [-0.4, -0.2) is 16.3 Å². The van der Waals surface area contributed by atoms with Gasteiger partial charge in [-0.3, -0.25) is 9.36 Å². The second-order valence-electron chi connectivity index (χ2n) is 6.52. The van der Waals surface area contributed by atoms with Crippen LogP contribution in [0.25, 0.3) is 10.2 Å². The minimum absolute atomic E-state index is 0.0266. The van der Waals surface area contributed by atoms with Gasteiger partial charge < -0.3 is 9.47 Å². The fourth-order valence-corrected chi connectivity index (χ4v) is 4.98. The van der Waals surface area contributed by atoms with Crippen molar-refractivity contribution >= 4 is 44.9 Å². The van der Waals surface area contributed by atoms with E-state index in [0.717, 1.165) is 22.4 Å². The van der Waals surface area contributed by atoms with Crippen molar-refractivity contribution in [3.63, 3.8) is 0 Å². The Hall–Kier alpha value is -2.48. The number of fused-ring (bicyclic) bond motifs is 2. The van der Waals surface area contributed by atoms with Gasteiger partial charge >= 0.3 is 0 Å². The fourth-order valence-electron chi connectivity index (χ4n) is 3.12. The molecule has 2 aromatic heterocycles. The minimum atomic E-state index is -0.0266. The molecular weight excluding hydrogens is 428 g/mol. The van der Waals surface area contributed by atoms with Gasteiger partial charge in [-0.05, 0) is 46.8 Å². The summed E-state index contributed by atoms with van der Waals surface area (Å²) in [6, 6.07) is 15.3. The highest BCUT2D eigenvalue weighted by Gasteiger charge is 2.17. The van der Waals surface area contributed by atoms with E-state index >= 15 is 0 Å². The van der Waals surface area contributed by atoms with E-state index in [0.29, 0.717) is 32.9 Å². The van der Waals surface area contributed by atoms with E-state index in [-0.39, 0.29) is 12.4 Å². The lowest BCUT2D eigenvalue weighted by Crippen LogP contribution is -2.23. The van der Waals surface area contributed by atoms with Crippen LogP contribution in [0.15, 0.2) is 63.9 Å². The Kier molecular flexibility index (Phi) is 4.95. The van der Waals surface area contributed by atoms with Crippen LogP contribution in [0.5, 0.6) is 11.5 Å². The SMILES string of the molecule is O=c1c2sccc2nc(SCc2ccc(Cl)cc2)n1Cc1ccc2c(c1)OCO2. The zero-order valence-corrected chi connectivity index (χ0v) is 17.5. The molecule has 0 amide bonds. The van der Waals surface area contributed by atoms with Gasteiger partial charge in [0.1, 0.15) is 4.70 Å². The Morgan fingerprint density at radius 1 is 1.07 bits per heavy atom. The highest BCUT2D eigenvalue weighted by molar-refractivity contribution is 7.98. The van der Waals surface area contributed by atoms with Crippen LogP contribution in [0.1, 0.15) is 11.1 Å². The number of ether oxygens (including phenoxy) is 2. The number of hydrogen-bond acceptors (Lipinski definition) is 6. The van der Waals surface area contributed by atoms with Crippen LogP contribution in [0.3, 0.4) is 0 Å². The van der Waals surface area contributed by atoms with E-state index in [4.69, 9.17) is 26.1 Å². The molecule has 0 saturated carbocycles. The van der Waals surface area contributed by atoms with Crippen LogP contribution in [0, 0.1) is 0 Å². The molecule has 0 radical (unpaired) electrons. The van der Waals surface area contributed by atoms with E-state index in [1.54, 1.807) is 16.3 Å². The largest absolute Gasteiger partial charge is 0.454 e. The zero-order valence-electron chi connectivity index (χ0n) is 15.1. The molecule has 3 heterocycles. The van der Waals surface area contributed by atoms with E-state index in [1.807, 2.05) is 53.9 Å². The minimum Gasteiger partial charge on any atom is -0.454 e. The lowest BCUT2D eigenvalue weighted by Gasteiger charge is -2.12. The van der Waals surface area contributed by atoms with Gasteiger partial charge in [0.2, 0.25) is 6.79 Å². The lowest BCUT2D eigenvalue weighted by molar-refractivity contribution is 0.174. The number of thiophene rings is 1. The van der Waals surface area contributed by atoms with Crippen molar-refractivity contribution in [2.24, 2.45) is 0 Å². The molecule has 0 fully saturated rings. The molecular formula is C21H15ClN2O3S2. The molecule has 0 bridgehead atoms. The average Bonchev–Trinajstić information content (AvgIpc) is 3.39. The molecule has 5 nitrogen and oxygen atoms in total. The van der Waals surface area contributed by atoms with Gasteiger partial charge in [-0.2, -0.15) is 0 Å². The van der Waals surface area contributed by atoms with Crippen molar-refractivity contribution in [1.29, 1.82) is 0 Å². The standard InChI is InChI=1S/C21H15ClN2O3S2/c22-15-4-1-13(2-5-15)11-29-21-23-16-7-8-28-19(16)20(25)24(21)10-14-3-6-17-18(9-14)27-12-26-17/h1-9H,10-12H2. The molecule has 0 atom stereocenters. The first kappa shape index (κ1) is 18.5. The van der Waals surface area contributed by atoms with Crippen LogP contribution >= 0.6 is 34.7 Å². The van der Waals surface area contributed by atoms with Crippen molar-refractivity contribution in [3.8, 4) is 11.5 Å². The third-order valence-corrected chi connectivity index (χ3v) is 6.78. The number of thioether (sulfide) groups is 1. The number of nitrogens with zero attached hydrogens (tertiary/aromatic N) is 2. The Labute approximate surface area is 179 Å². The van der Waals surface area contributed by atoms with Crippen LogP contribution in [0.4, 0.5) is 0 Å². The topological polar surface area (TPSA) is 53.4 Å². The van der Waals surface area contributed by atoms with Gasteiger partial charge in [-0.1, -0.05) is 41.6 Å². The Balaban J connectivity index is 1.50. The van der Waals surface area contributed by atoms with Gasteiger partial charge in [0, 0.05) is 10.8 Å². The summed E-state index contributed by atoms with van der Waals surface area (Å²) in [5.41, 5.74) is 2.79. The monoisotopic (exact) mass is 442 g/mol. The smallest absolute Gasteiger partial charge is 0.272 e. The van der Waals surface area contributed by atoms with E-state index in [9.17, 15) is 4.79 Å². The fraction of sp³-hybridized carbons (Fsp3) is 0.143. The molecule has 146 valence electrons. The van der Waals surface area contributed by atoms with Crippen LogP contribution < -0.4 is 15.0 Å². The molecule has 0 unspecified atom stereocenters. The van der Waals surface area contributed by atoms with Crippen molar-refractivity contribution in [1.82, 2.24) is 9.55 Å². The summed E-state index contributed by atoms with van der Waals surface area (Å²) in [5, 5.41) is 3.29. The van der Waals surface area contributed by atoms with Crippen LogP contribution in [0.2, 0.25) is 5.02 Å². The Morgan fingerprint density at radius 2 is 1.86 bits per heavy atom. The van der Waals surface area contributed by atoms with Gasteiger partial charge in [0.05, 0.1) is 12.1 Å². The number of hydrogen-bond donors (Lipinski definition) is 0. The molecule has 4 aromatic rings. The first-order valence-corrected chi connectivity index (χ1v) is 11.2. The number of halogens is 1. The van der Waals surface area contributed by atoms with Crippen LogP contribution in [-0.2, 0) is 12.3 Å². The molecule has 0 spiro atoms. The average molecular weight is 443 g/mol. The maximum absolute atomic E-state index is 13.2. The summed E-state index contributed by atoms with van der Waals surface area (Å²) in [5.74, 6) is 2.13. The molecule has 0 N–H and O–H groups in total. The van der Waals surface area contributed by atoms with Crippen molar-refractivity contribution in [2.75, 3.05) is 6.79 Å². The molecule has 1 aliphatic rings. The lowest BCUT2D eigenvalue weighted by atomic mass is 10.2. The first-order valence-electron chi connectivity index (χ1n) is 8.91. The maximum Gasteiger partial charge on any atom is 0.272 e. The highest BCUT2D eigenvalue weighted by Crippen LogP contribution is 2.33. The van der Waals surface area contributed by atoms with Crippen molar-refractivity contribution in [3.05, 3.63) is 80.4 Å². The van der Waals surface area contributed by atoms with E-state index in [1.165, 1.54) is 11.3 Å². The number of benzene rings is 2. The van der Waals surface area contributed by atoms with Crippen molar-refractivity contribution in [2.45, 2.75) is 17.5 Å². The normalized spacial score (nSPS) is 12.6. The summed E-state index contributed by atoms with van der Waals surface area (Å²) in [6.45, 7) is 0.642. The number of aromatic nitrogens is 2. The van der Waals surface area contributed by atoms with Gasteiger partial charge in [-0.15, -0.1) is 11.3 Å². The predicted octanol–water partition coefficient (Wildman–Crippen LogP) is 5.18. The molecule has 8 heteroatoms. The molecule has 5 rings (SSSR count). The predicted molar refractivity (Wildman–Crippen MR) is 117 cm³/mol. The molecule has 29 heavy (non-hydrogen) atoms. The summed E-state index contributed by atoms with van der Waals surface area (Å²) in [4.78, 5) is 17.9. The van der Waals surface area contributed by atoms with Gasteiger partial charge in [0.15, 0.2) is 16.7 Å². The highest BCUT2D eigenvalue weighted by atomic mass is 35.5. The maximum atomic E-state index is 13.2. The Bertz CT molecular complexity index is 1250. The van der Waals surface area contributed by atoms with E-state index in [2.05, 4.69) is 0 Å². The summed E-state index contributed by atoms with van der Waals surface area (Å²) >= 11 is 8.94. The van der Waals surface area contributed by atoms with E-state index < -0.39 is 0 Å². The zero-order chi connectivity index (χ0) is 19.8. The molecule has 0 aliphatic carbocycles. The summed E-state index contributed by atoms with van der Waals surface area (Å²) in [7, 11) is 0. The first-order chi connectivity index (χ1) is 14.2. The van der Waals surface area contributed by atoms with Crippen molar-refractivity contribution < 1.29 is 9.47 Å².